The minimum Gasteiger partial charge on any atom is -0.493 e. The third-order valence-corrected chi connectivity index (χ3v) is 7.22. The molecule has 1 aliphatic heterocycles. The zero-order valence-electron chi connectivity index (χ0n) is 18.2. The van der Waals surface area contributed by atoms with Crippen LogP contribution < -0.4 is 10.3 Å². The molecule has 9 nitrogen and oxygen atoms in total. The summed E-state index contributed by atoms with van der Waals surface area (Å²) >= 11 is 0. The predicted molar refractivity (Wildman–Crippen MR) is 117 cm³/mol. The SMILES string of the molecule is CCCc1nc(C)c2c(=O)[nH]c(-c3cc(S(=O)(=O)N4CC(C)C4)ccc3OCC)nn12. The second-order valence-corrected chi connectivity index (χ2v) is 9.88. The van der Waals surface area contributed by atoms with E-state index >= 15 is 0 Å². The molecular weight excluding hydrogens is 418 g/mol. The number of sulfonamides is 1. The van der Waals surface area contributed by atoms with Crippen molar-refractivity contribution in [2.45, 2.75) is 45.4 Å². The second kappa shape index (κ2) is 8.08. The number of hydrogen-bond acceptors (Lipinski definition) is 6. The van der Waals surface area contributed by atoms with Gasteiger partial charge >= 0.3 is 0 Å². The van der Waals surface area contributed by atoms with Crippen molar-refractivity contribution in [2.75, 3.05) is 19.7 Å². The Morgan fingerprint density at radius 2 is 2.00 bits per heavy atom. The molecule has 1 fully saturated rings. The molecule has 3 heterocycles. The van der Waals surface area contributed by atoms with Crippen LogP contribution in [-0.4, -0.2) is 52.0 Å². The van der Waals surface area contributed by atoms with Gasteiger partial charge in [0.2, 0.25) is 10.0 Å². The average Bonchev–Trinajstić information content (AvgIpc) is 3.02. The molecule has 1 N–H and O–H groups in total. The van der Waals surface area contributed by atoms with Crippen molar-refractivity contribution < 1.29 is 13.2 Å². The quantitative estimate of drug-likeness (QED) is 0.598. The summed E-state index contributed by atoms with van der Waals surface area (Å²) in [4.78, 5) is 20.3. The summed E-state index contributed by atoms with van der Waals surface area (Å²) in [7, 11) is -3.62. The van der Waals surface area contributed by atoms with Gasteiger partial charge in [-0.1, -0.05) is 13.8 Å². The maximum Gasteiger partial charge on any atom is 0.277 e. The van der Waals surface area contributed by atoms with Crippen LogP contribution in [-0.2, 0) is 16.4 Å². The maximum absolute atomic E-state index is 13.0. The summed E-state index contributed by atoms with van der Waals surface area (Å²) in [6.45, 7) is 9.05. The molecule has 0 unspecified atom stereocenters. The monoisotopic (exact) mass is 445 g/mol. The highest BCUT2D eigenvalue weighted by molar-refractivity contribution is 7.89. The fraction of sp³-hybridized carbons (Fsp3) is 0.476. The lowest BCUT2D eigenvalue weighted by Crippen LogP contribution is -2.48. The van der Waals surface area contributed by atoms with Crippen molar-refractivity contribution in [3.8, 4) is 17.1 Å². The third-order valence-electron chi connectivity index (χ3n) is 5.39. The first-order valence-corrected chi connectivity index (χ1v) is 12.0. The lowest BCUT2D eigenvalue weighted by atomic mass is 10.1. The average molecular weight is 446 g/mol. The Morgan fingerprint density at radius 3 is 2.65 bits per heavy atom. The number of benzene rings is 1. The number of H-pyrrole nitrogens is 1. The molecule has 4 rings (SSSR count). The van der Waals surface area contributed by atoms with E-state index in [9.17, 15) is 13.2 Å². The lowest BCUT2D eigenvalue weighted by Gasteiger charge is -2.35. The number of nitrogens with zero attached hydrogens (tertiary/aromatic N) is 4. The number of aryl methyl sites for hydroxylation is 2. The highest BCUT2D eigenvalue weighted by Crippen LogP contribution is 2.33. The van der Waals surface area contributed by atoms with Gasteiger partial charge in [0.25, 0.3) is 5.56 Å². The Labute approximate surface area is 181 Å². The molecule has 0 aliphatic carbocycles. The van der Waals surface area contributed by atoms with Crippen molar-refractivity contribution in [3.05, 3.63) is 40.1 Å². The number of ether oxygens (including phenoxy) is 1. The van der Waals surface area contributed by atoms with Crippen LogP contribution in [0.1, 0.15) is 38.7 Å². The van der Waals surface area contributed by atoms with Crippen LogP contribution in [0, 0.1) is 12.8 Å². The van der Waals surface area contributed by atoms with Crippen molar-refractivity contribution >= 4 is 15.5 Å². The predicted octanol–water partition coefficient (Wildman–Crippen LogP) is 2.38. The van der Waals surface area contributed by atoms with E-state index in [0.717, 1.165) is 6.42 Å². The lowest BCUT2D eigenvalue weighted by molar-refractivity contribution is 0.218. The smallest absolute Gasteiger partial charge is 0.277 e. The number of imidazole rings is 1. The normalized spacial score (nSPS) is 15.4. The highest BCUT2D eigenvalue weighted by atomic mass is 32.2. The van der Waals surface area contributed by atoms with Gasteiger partial charge in [-0.15, -0.1) is 5.10 Å². The van der Waals surface area contributed by atoms with Crippen LogP contribution in [0.4, 0.5) is 0 Å². The highest BCUT2D eigenvalue weighted by Gasteiger charge is 2.34. The molecule has 0 radical (unpaired) electrons. The molecule has 3 aromatic rings. The summed E-state index contributed by atoms with van der Waals surface area (Å²) < 4.78 is 34.8. The van der Waals surface area contributed by atoms with E-state index < -0.39 is 10.0 Å². The van der Waals surface area contributed by atoms with Crippen LogP contribution in [0.15, 0.2) is 27.9 Å². The van der Waals surface area contributed by atoms with Gasteiger partial charge in [0.1, 0.15) is 11.6 Å². The molecule has 0 bridgehead atoms. The van der Waals surface area contributed by atoms with Crippen LogP contribution in [0.25, 0.3) is 16.9 Å². The fourth-order valence-electron chi connectivity index (χ4n) is 3.87. The van der Waals surface area contributed by atoms with Crippen molar-refractivity contribution in [1.29, 1.82) is 0 Å². The number of aromatic nitrogens is 4. The standard InChI is InChI=1S/C21H27N5O4S/c1-5-7-18-22-14(4)19-21(27)23-20(24-26(18)19)16-10-15(8-9-17(16)30-6-2)31(28,29)25-11-13(3)12-25/h8-10,13H,5-7,11-12H2,1-4H3,(H,23,24,27). The second-order valence-electron chi connectivity index (χ2n) is 7.94. The minimum atomic E-state index is -3.62. The maximum atomic E-state index is 13.0. The van der Waals surface area contributed by atoms with Gasteiger partial charge in [0, 0.05) is 19.5 Å². The zero-order valence-corrected chi connectivity index (χ0v) is 19.0. The molecule has 0 saturated carbocycles. The van der Waals surface area contributed by atoms with Gasteiger partial charge in [-0.25, -0.2) is 17.9 Å². The molecular formula is C21H27N5O4S. The summed E-state index contributed by atoms with van der Waals surface area (Å²) in [5.74, 6) is 1.73. The van der Waals surface area contributed by atoms with Crippen LogP contribution in [0.2, 0.25) is 0 Å². The van der Waals surface area contributed by atoms with Gasteiger partial charge in [0.15, 0.2) is 11.3 Å². The Bertz CT molecular complexity index is 1290. The van der Waals surface area contributed by atoms with Crippen molar-refractivity contribution in [2.24, 2.45) is 5.92 Å². The molecule has 31 heavy (non-hydrogen) atoms. The fourth-order valence-corrected chi connectivity index (χ4v) is 5.57. The van der Waals surface area contributed by atoms with Crippen LogP contribution in [0.3, 0.4) is 0 Å². The molecule has 166 valence electrons. The van der Waals surface area contributed by atoms with E-state index in [1.54, 1.807) is 17.5 Å². The minimum absolute atomic E-state index is 0.149. The van der Waals surface area contributed by atoms with Crippen LogP contribution in [0.5, 0.6) is 5.75 Å². The number of nitrogens with one attached hydrogen (secondary N) is 1. The number of hydrogen-bond donors (Lipinski definition) is 1. The Kier molecular flexibility index (Phi) is 5.61. The molecule has 1 aromatic carbocycles. The number of rotatable bonds is 7. The Morgan fingerprint density at radius 1 is 1.26 bits per heavy atom. The van der Waals surface area contributed by atoms with E-state index in [2.05, 4.69) is 15.1 Å². The van der Waals surface area contributed by atoms with Crippen LogP contribution >= 0.6 is 0 Å². The summed E-state index contributed by atoms with van der Waals surface area (Å²) in [5.41, 5.74) is 1.09. The Hall–Kier alpha value is -2.72. The molecule has 1 aliphatic rings. The van der Waals surface area contributed by atoms with E-state index in [-0.39, 0.29) is 16.3 Å². The first kappa shape index (κ1) is 21.5. The van der Waals surface area contributed by atoms with Crippen molar-refractivity contribution in [3.63, 3.8) is 0 Å². The summed E-state index contributed by atoms with van der Waals surface area (Å²) in [5, 5.41) is 4.61. The Balaban J connectivity index is 1.89. The first-order valence-electron chi connectivity index (χ1n) is 10.5. The molecule has 0 amide bonds. The molecule has 0 atom stereocenters. The van der Waals surface area contributed by atoms with E-state index in [0.29, 0.717) is 60.4 Å². The largest absolute Gasteiger partial charge is 0.493 e. The number of aromatic amines is 1. The summed E-state index contributed by atoms with van der Waals surface area (Å²) in [6, 6.07) is 4.68. The molecule has 0 spiro atoms. The summed E-state index contributed by atoms with van der Waals surface area (Å²) in [6.07, 6.45) is 1.53. The third kappa shape index (κ3) is 3.74. The zero-order chi connectivity index (χ0) is 22.3. The van der Waals surface area contributed by atoms with Gasteiger partial charge in [-0.3, -0.25) is 4.79 Å². The topological polar surface area (TPSA) is 110 Å². The van der Waals surface area contributed by atoms with E-state index in [1.807, 2.05) is 20.8 Å². The molecule has 10 heteroatoms. The van der Waals surface area contributed by atoms with Gasteiger partial charge in [-0.2, -0.15) is 4.31 Å². The van der Waals surface area contributed by atoms with Gasteiger partial charge < -0.3 is 9.72 Å². The number of fused-ring (bicyclic) bond motifs is 1. The van der Waals surface area contributed by atoms with E-state index in [1.165, 1.54) is 16.4 Å². The van der Waals surface area contributed by atoms with Gasteiger partial charge in [-0.05, 0) is 44.4 Å². The van der Waals surface area contributed by atoms with Gasteiger partial charge in [0.05, 0.1) is 22.8 Å². The molecule has 1 saturated heterocycles. The van der Waals surface area contributed by atoms with Crippen molar-refractivity contribution in [1.82, 2.24) is 23.9 Å². The molecule has 2 aromatic heterocycles. The first-order chi connectivity index (χ1) is 14.8. The van der Waals surface area contributed by atoms with E-state index in [4.69, 9.17) is 4.74 Å².